The van der Waals surface area contributed by atoms with Crippen LogP contribution in [0.25, 0.3) is 0 Å². The molecule has 1 aromatic rings. The average Bonchev–Trinajstić information content (AvgIpc) is 3.53. The summed E-state index contributed by atoms with van der Waals surface area (Å²) in [7, 11) is 0. The van der Waals surface area contributed by atoms with Crippen molar-refractivity contribution in [3.8, 4) is 0 Å². The summed E-state index contributed by atoms with van der Waals surface area (Å²) in [6, 6.07) is 10.5. The zero-order valence-corrected chi connectivity index (χ0v) is 19.0. The van der Waals surface area contributed by atoms with Crippen LogP contribution in [-0.4, -0.2) is 13.2 Å². The molecular weight excluding hydrogens is 388 g/mol. The van der Waals surface area contributed by atoms with E-state index >= 15 is 0 Å². The Morgan fingerprint density at radius 1 is 0.862 bits per heavy atom. The summed E-state index contributed by atoms with van der Waals surface area (Å²) in [5.41, 5.74) is 2.62. The quantitative estimate of drug-likeness (QED) is 0.301. The van der Waals surface area contributed by atoms with E-state index in [1.54, 1.807) is 0 Å². The van der Waals surface area contributed by atoms with Crippen LogP contribution in [-0.2, 0) is 26.5 Å². The Morgan fingerprint density at radius 3 is 1.93 bits per heavy atom. The molecule has 0 spiro atoms. The van der Waals surface area contributed by atoms with Gasteiger partial charge in [-0.25, -0.2) is 5.57 Å². The minimum Gasteiger partial charge on any atom is -0.495 e. The molecule has 0 aromatic heterocycles. The molecule has 1 aromatic carbocycles. The van der Waals surface area contributed by atoms with Crippen molar-refractivity contribution in [2.45, 2.75) is 32.6 Å². The van der Waals surface area contributed by atoms with Gasteiger partial charge in [0.05, 0.1) is 0 Å². The van der Waals surface area contributed by atoms with E-state index in [9.17, 15) is 0 Å². The van der Waals surface area contributed by atoms with Gasteiger partial charge in [0.15, 0.2) is 0 Å². The Kier molecular flexibility index (Phi) is 16.7. The van der Waals surface area contributed by atoms with Crippen LogP contribution in [0.1, 0.15) is 38.2 Å². The number of ether oxygens (including phenoxy) is 1. The van der Waals surface area contributed by atoms with E-state index < -0.39 is 0 Å². The molecule has 2 heteroatoms. The van der Waals surface area contributed by atoms with Gasteiger partial charge in [0.2, 0.25) is 0 Å². The maximum Gasteiger partial charge on any atom is 4.00 e. The van der Waals surface area contributed by atoms with Gasteiger partial charge in [-0.1, -0.05) is 38.2 Å². The Bertz CT molecular complexity index is 477. The Labute approximate surface area is 196 Å². The predicted octanol–water partition coefficient (Wildman–Crippen LogP) is 6.24. The van der Waals surface area contributed by atoms with Crippen molar-refractivity contribution in [3.63, 3.8) is 0 Å². The maximum atomic E-state index is 5.57. The Balaban J connectivity index is 0.000000311. The molecule has 0 unspecified atom stereocenters. The molecule has 1 heterocycles. The SMILES string of the molecule is CCCCC[C-]=C1COC[C@H]1[CH-]c1ccccc1.[CH]1[CH][CH][CH][CH]1.[CH]1[CH][CH][CH][CH]1.[Ti+4]. The van der Waals surface area contributed by atoms with Gasteiger partial charge >= 0.3 is 21.7 Å². The monoisotopic (exact) mass is 420 g/mol. The summed E-state index contributed by atoms with van der Waals surface area (Å²) in [5.74, 6) is 0.425. The van der Waals surface area contributed by atoms with E-state index in [0.717, 1.165) is 19.6 Å². The Morgan fingerprint density at radius 2 is 1.41 bits per heavy atom. The van der Waals surface area contributed by atoms with Crippen LogP contribution in [0.2, 0.25) is 0 Å². The molecule has 1 saturated heterocycles. The van der Waals surface area contributed by atoms with Gasteiger partial charge in [-0.3, -0.25) is 0 Å². The van der Waals surface area contributed by atoms with Crippen LogP contribution < -0.4 is 0 Å². The van der Waals surface area contributed by atoms with Gasteiger partial charge in [-0.05, 0) is 64.2 Å². The molecule has 2 saturated carbocycles. The van der Waals surface area contributed by atoms with Gasteiger partial charge < -0.3 is 10.8 Å². The summed E-state index contributed by atoms with van der Waals surface area (Å²) in [6.45, 7) is 3.81. The fraction of sp³-hybridized carbons (Fsp3) is 0.296. The van der Waals surface area contributed by atoms with Crippen LogP contribution in [0.4, 0.5) is 0 Å². The average molecular weight is 420 g/mol. The van der Waals surface area contributed by atoms with Crippen LogP contribution in [0.15, 0.2) is 35.9 Å². The van der Waals surface area contributed by atoms with Gasteiger partial charge in [-0.15, -0.1) is 12.1 Å². The van der Waals surface area contributed by atoms with Crippen molar-refractivity contribution in [2.24, 2.45) is 5.92 Å². The molecule has 148 valence electrons. The molecule has 0 amide bonds. The topological polar surface area (TPSA) is 9.23 Å². The van der Waals surface area contributed by atoms with E-state index in [1.165, 1.54) is 30.4 Å². The molecule has 1 atom stereocenters. The van der Waals surface area contributed by atoms with Crippen molar-refractivity contribution >= 4 is 0 Å². The third-order valence-electron chi connectivity index (χ3n) is 4.44. The van der Waals surface area contributed by atoms with Crippen LogP contribution in [0, 0.1) is 82.6 Å². The minimum absolute atomic E-state index is 0. The van der Waals surface area contributed by atoms with Gasteiger partial charge in [0.25, 0.3) is 0 Å². The van der Waals surface area contributed by atoms with E-state index in [1.807, 2.05) is 64.2 Å². The van der Waals surface area contributed by atoms with Crippen molar-refractivity contribution < 1.29 is 26.5 Å². The van der Waals surface area contributed by atoms with Gasteiger partial charge in [0.1, 0.15) is 0 Å². The second-order valence-electron chi connectivity index (χ2n) is 6.78. The molecule has 2 aliphatic carbocycles. The molecule has 1 nitrogen and oxygen atoms in total. The second kappa shape index (κ2) is 18.3. The first-order valence-corrected chi connectivity index (χ1v) is 10.3. The van der Waals surface area contributed by atoms with Crippen molar-refractivity contribution in [2.75, 3.05) is 13.2 Å². The summed E-state index contributed by atoms with van der Waals surface area (Å²) in [6.07, 6.45) is 30.7. The van der Waals surface area contributed by atoms with E-state index in [2.05, 4.69) is 49.8 Å². The molecule has 10 radical (unpaired) electrons. The number of hydrogen-bond acceptors (Lipinski definition) is 1. The molecule has 4 rings (SSSR count). The number of rotatable bonds is 6. The maximum absolute atomic E-state index is 5.57. The molecule has 0 bridgehead atoms. The number of allylic oxidation sites excluding steroid dienone is 1. The zero-order chi connectivity index (χ0) is 19.7. The van der Waals surface area contributed by atoms with Crippen LogP contribution in [0.3, 0.4) is 0 Å². The number of benzene rings is 1. The molecule has 3 aliphatic rings. The molecule has 1 aliphatic heterocycles. The van der Waals surface area contributed by atoms with E-state index in [0.29, 0.717) is 5.92 Å². The molecule has 3 fully saturated rings. The predicted molar refractivity (Wildman–Crippen MR) is 118 cm³/mol. The third kappa shape index (κ3) is 12.7. The van der Waals surface area contributed by atoms with Gasteiger partial charge in [-0.2, -0.15) is 30.5 Å². The fourth-order valence-electron chi connectivity index (χ4n) is 2.90. The van der Waals surface area contributed by atoms with Crippen molar-refractivity contribution in [1.29, 1.82) is 0 Å². The molecular formula is C27H32OTi+2. The zero-order valence-electron chi connectivity index (χ0n) is 17.5. The van der Waals surface area contributed by atoms with Crippen molar-refractivity contribution in [3.05, 3.63) is 118 Å². The van der Waals surface area contributed by atoms with Crippen LogP contribution >= 0.6 is 0 Å². The van der Waals surface area contributed by atoms with E-state index in [-0.39, 0.29) is 21.7 Å². The van der Waals surface area contributed by atoms with Gasteiger partial charge in [0, 0.05) is 13.2 Å². The van der Waals surface area contributed by atoms with E-state index in [4.69, 9.17) is 4.74 Å². The van der Waals surface area contributed by atoms with Crippen molar-refractivity contribution in [1.82, 2.24) is 0 Å². The number of hydrogen-bond donors (Lipinski definition) is 0. The summed E-state index contributed by atoms with van der Waals surface area (Å²) < 4.78 is 5.57. The standard InChI is InChI=1S/C17H22O.2C5H5.Ti/c1-2-3-4-8-11-16-13-18-14-17(16)12-15-9-6-5-7-10-15;2*1-2-4-5-3-1;/h5-7,9-10,12,17H,2-4,8,13-14H2,1H3;2*1-5H;/q-2;;;+4/t17-;;;/m1.../s1. The first-order valence-electron chi connectivity index (χ1n) is 10.3. The number of unbranched alkanes of at least 4 members (excludes halogenated alkanes) is 3. The first kappa shape index (κ1) is 26.5. The molecule has 0 N–H and O–H groups in total. The van der Waals surface area contributed by atoms with Crippen LogP contribution in [0.5, 0.6) is 0 Å². The minimum atomic E-state index is 0. The second-order valence-corrected chi connectivity index (χ2v) is 6.78. The summed E-state index contributed by atoms with van der Waals surface area (Å²) in [5, 5.41) is 0. The summed E-state index contributed by atoms with van der Waals surface area (Å²) >= 11 is 0. The largest absolute Gasteiger partial charge is 4.00 e. The smallest absolute Gasteiger partial charge is 0.495 e. The normalized spacial score (nSPS) is 21.6. The first-order chi connectivity index (χ1) is 13.9. The Hall–Kier alpha value is -0.496. The fourth-order valence-corrected chi connectivity index (χ4v) is 2.90. The molecule has 29 heavy (non-hydrogen) atoms. The summed E-state index contributed by atoms with van der Waals surface area (Å²) in [4.78, 5) is 0. The third-order valence-corrected chi connectivity index (χ3v) is 4.44.